The number of benzene rings is 1. The summed E-state index contributed by atoms with van der Waals surface area (Å²) in [5, 5.41) is 8.76. The van der Waals surface area contributed by atoms with E-state index in [1.807, 2.05) is 6.07 Å². The van der Waals surface area contributed by atoms with Crippen LogP contribution in [0.15, 0.2) is 16.6 Å². The molecule has 1 aromatic carbocycles. The molecule has 1 saturated carbocycles. The summed E-state index contributed by atoms with van der Waals surface area (Å²) in [6, 6.07) is 4.60. The first-order chi connectivity index (χ1) is 6.70. The Morgan fingerprint density at radius 3 is 2.79 bits per heavy atom. The quantitative estimate of drug-likeness (QED) is 0.814. The smallest absolute Gasteiger partial charge is 0.138 e. The number of nitrogens with zero attached hydrogens (tertiary/aromatic N) is 1. The Bertz CT molecular complexity index is 409. The molecule has 0 saturated heterocycles. The molecule has 0 heterocycles. The monoisotopic (exact) mass is 255 g/mol. The largest absolute Gasteiger partial charge is 0.489 e. The molecule has 72 valence electrons. The van der Waals surface area contributed by atoms with E-state index in [2.05, 4.69) is 15.9 Å². The maximum atomic E-state index is 13.0. The zero-order chi connectivity index (χ0) is 10.1. The van der Waals surface area contributed by atoms with Crippen LogP contribution < -0.4 is 4.74 Å². The molecule has 1 aliphatic rings. The van der Waals surface area contributed by atoms with E-state index in [9.17, 15) is 4.39 Å². The van der Waals surface area contributed by atoms with Gasteiger partial charge in [-0.1, -0.05) is 0 Å². The highest BCUT2D eigenvalue weighted by molar-refractivity contribution is 9.10. The van der Waals surface area contributed by atoms with E-state index in [-0.39, 0.29) is 11.7 Å². The van der Waals surface area contributed by atoms with Crippen molar-refractivity contribution in [3.63, 3.8) is 0 Å². The van der Waals surface area contributed by atoms with Crippen LogP contribution in [0.3, 0.4) is 0 Å². The third-order valence-corrected chi connectivity index (χ3v) is 2.57. The van der Waals surface area contributed by atoms with Gasteiger partial charge in [0.15, 0.2) is 0 Å². The Kier molecular flexibility index (Phi) is 2.42. The van der Waals surface area contributed by atoms with E-state index in [1.165, 1.54) is 12.1 Å². The highest BCUT2D eigenvalue weighted by Crippen LogP contribution is 2.32. The molecule has 0 unspecified atom stereocenters. The summed E-state index contributed by atoms with van der Waals surface area (Å²) in [6.45, 7) is 0. The number of ether oxygens (including phenoxy) is 1. The van der Waals surface area contributed by atoms with Crippen LogP contribution in [0.25, 0.3) is 0 Å². The molecule has 0 spiro atoms. The van der Waals surface area contributed by atoms with Crippen LogP contribution in [0.5, 0.6) is 5.75 Å². The van der Waals surface area contributed by atoms with Crippen molar-refractivity contribution < 1.29 is 9.13 Å². The van der Waals surface area contributed by atoms with Crippen molar-refractivity contribution in [1.29, 1.82) is 5.26 Å². The molecule has 1 aromatic rings. The van der Waals surface area contributed by atoms with Crippen LogP contribution in [0.4, 0.5) is 4.39 Å². The molecule has 0 atom stereocenters. The number of hydrogen-bond donors (Lipinski definition) is 0. The summed E-state index contributed by atoms with van der Waals surface area (Å²) in [5.41, 5.74) is 0.248. The lowest BCUT2D eigenvalue weighted by molar-refractivity contribution is 0.301. The Hall–Kier alpha value is -1.08. The van der Waals surface area contributed by atoms with Crippen molar-refractivity contribution in [1.82, 2.24) is 0 Å². The van der Waals surface area contributed by atoms with Crippen LogP contribution in [0.1, 0.15) is 18.4 Å². The van der Waals surface area contributed by atoms with Gasteiger partial charge in [0.1, 0.15) is 17.6 Å². The minimum Gasteiger partial charge on any atom is -0.489 e. The second kappa shape index (κ2) is 3.58. The minimum absolute atomic E-state index is 0.208. The lowest BCUT2D eigenvalue weighted by Crippen LogP contribution is -1.99. The van der Waals surface area contributed by atoms with Crippen molar-refractivity contribution >= 4 is 15.9 Å². The minimum atomic E-state index is -0.440. The molecule has 0 aromatic heterocycles. The molecule has 2 rings (SSSR count). The summed E-state index contributed by atoms with van der Waals surface area (Å²) >= 11 is 3.06. The fourth-order valence-electron chi connectivity index (χ4n) is 1.08. The van der Waals surface area contributed by atoms with Crippen molar-refractivity contribution in [2.24, 2.45) is 0 Å². The molecule has 1 fully saturated rings. The summed E-state index contributed by atoms with van der Waals surface area (Å²) < 4.78 is 18.8. The standard InChI is InChI=1S/C10H7BrFNO/c11-8-4-10(14-7-1-2-7)6(5-13)3-9(8)12/h3-4,7H,1-2H2. The van der Waals surface area contributed by atoms with Crippen molar-refractivity contribution in [2.45, 2.75) is 18.9 Å². The molecular formula is C10H7BrFNO. The number of hydrogen-bond acceptors (Lipinski definition) is 2. The fraction of sp³-hybridized carbons (Fsp3) is 0.300. The van der Waals surface area contributed by atoms with E-state index in [1.54, 1.807) is 0 Å². The lowest BCUT2D eigenvalue weighted by Gasteiger charge is -2.07. The van der Waals surface area contributed by atoms with Gasteiger partial charge in [-0.25, -0.2) is 4.39 Å². The van der Waals surface area contributed by atoms with Gasteiger partial charge in [-0.3, -0.25) is 0 Å². The van der Waals surface area contributed by atoms with E-state index >= 15 is 0 Å². The van der Waals surface area contributed by atoms with Crippen LogP contribution in [0.2, 0.25) is 0 Å². The Morgan fingerprint density at radius 1 is 1.50 bits per heavy atom. The Balaban J connectivity index is 2.36. The third-order valence-electron chi connectivity index (χ3n) is 1.96. The van der Waals surface area contributed by atoms with Gasteiger partial charge in [-0.05, 0) is 40.9 Å². The SMILES string of the molecule is N#Cc1cc(F)c(Br)cc1OC1CC1. The molecule has 1 aliphatic carbocycles. The zero-order valence-corrected chi connectivity index (χ0v) is 8.84. The average Bonchev–Trinajstić information content (AvgIpc) is 2.95. The van der Waals surface area contributed by atoms with Crippen molar-refractivity contribution in [2.75, 3.05) is 0 Å². The highest BCUT2D eigenvalue weighted by Gasteiger charge is 2.25. The van der Waals surface area contributed by atoms with Gasteiger partial charge in [0.25, 0.3) is 0 Å². The molecule has 0 bridgehead atoms. The van der Waals surface area contributed by atoms with Gasteiger partial charge >= 0.3 is 0 Å². The van der Waals surface area contributed by atoms with Gasteiger partial charge in [0.05, 0.1) is 16.1 Å². The molecule has 0 aliphatic heterocycles. The second-order valence-corrected chi connectivity index (χ2v) is 4.05. The van der Waals surface area contributed by atoms with Crippen LogP contribution in [-0.4, -0.2) is 6.10 Å². The first-order valence-corrected chi connectivity index (χ1v) is 5.06. The zero-order valence-electron chi connectivity index (χ0n) is 7.26. The number of rotatable bonds is 2. The van der Waals surface area contributed by atoms with E-state index < -0.39 is 5.82 Å². The maximum Gasteiger partial charge on any atom is 0.138 e. The topological polar surface area (TPSA) is 33.0 Å². The summed E-state index contributed by atoms with van der Waals surface area (Å²) in [6.07, 6.45) is 2.24. The predicted octanol–water partition coefficient (Wildman–Crippen LogP) is 3.00. The van der Waals surface area contributed by atoms with Gasteiger partial charge < -0.3 is 4.74 Å². The summed E-state index contributed by atoms with van der Waals surface area (Å²) in [4.78, 5) is 0. The van der Waals surface area contributed by atoms with Gasteiger partial charge in [0, 0.05) is 0 Å². The molecule has 0 N–H and O–H groups in total. The van der Waals surface area contributed by atoms with Crippen LogP contribution >= 0.6 is 15.9 Å². The molecule has 0 radical (unpaired) electrons. The van der Waals surface area contributed by atoms with Gasteiger partial charge in [-0.15, -0.1) is 0 Å². The Labute approximate surface area is 89.4 Å². The number of halogens is 2. The van der Waals surface area contributed by atoms with Gasteiger partial charge in [0.2, 0.25) is 0 Å². The van der Waals surface area contributed by atoms with Crippen molar-refractivity contribution in [3.05, 3.63) is 28.0 Å². The van der Waals surface area contributed by atoms with E-state index in [0.29, 0.717) is 10.2 Å². The summed E-state index contributed by atoms with van der Waals surface area (Å²) in [7, 11) is 0. The molecule has 0 amide bonds. The van der Waals surface area contributed by atoms with Crippen molar-refractivity contribution in [3.8, 4) is 11.8 Å². The van der Waals surface area contributed by atoms with Gasteiger partial charge in [-0.2, -0.15) is 5.26 Å². The first-order valence-electron chi connectivity index (χ1n) is 4.26. The number of nitriles is 1. The van der Waals surface area contributed by atoms with Crippen LogP contribution in [-0.2, 0) is 0 Å². The Morgan fingerprint density at radius 2 is 2.21 bits per heavy atom. The average molecular weight is 256 g/mol. The van der Waals surface area contributed by atoms with E-state index in [4.69, 9.17) is 10.00 Å². The normalized spacial score (nSPS) is 14.9. The molecular weight excluding hydrogens is 249 g/mol. The van der Waals surface area contributed by atoms with Crippen LogP contribution in [0, 0.1) is 17.1 Å². The first kappa shape index (κ1) is 9.47. The fourth-order valence-corrected chi connectivity index (χ4v) is 1.40. The predicted molar refractivity (Wildman–Crippen MR) is 52.5 cm³/mol. The molecule has 14 heavy (non-hydrogen) atoms. The second-order valence-electron chi connectivity index (χ2n) is 3.19. The van der Waals surface area contributed by atoms with E-state index in [0.717, 1.165) is 12.8 Å². The lowest BCUT2D eigenvalue weighted by atomic mass is 10.2. The molecule has 4 heteroatoms. The third kappa shape index (κ3) is 1.88. The molecule has 2 nitrogen and oxygen atoms in total. The highest BCUT2D eigenvalue weighted by atomic mass is 79.9. The maximum absolute atomic E-state index is 13.0. The summed E-state index contributed by atoms with van der Waals surface area (Å²) in [5.74, 6) is 0.0213.